The van der Waals surface area contributed by atoms with Gasteiger partial charge >= 0.3 is 0 Å². The van der Waals surface area contributed by atoms with Crippen molar-refractivity contribution >= 4 is 42.6 Å². The molecule has 3 aromatic rings. The van der Waals surface area contributed by atoms with E-state index in [9.17, 15) is 13.2 Å². The molecule has 0 radical (unpaired) electrons. The summed E-state index contributed by atoms with van der Waals surface area (Å²) in [5.41, 5.74) is 4.01. The number of carbonyl (C=O) groups is 1. The van der Waals surface area contributed by atoms with Crippen LogP contribution in [0.4, 0.5) is 5.13 Å². The summed E-state index contributed by atoms with van der Waals surface area (Å²) in [5.74, 6) is -0.0593. The molecule has 1 amide bonds. The van der Waals surface area contributed by atoms with E-state index in [1.165, 1.54) is 15.8 Å². The number of amides is 1. The van der Waals surface area contributed by atoms with Gasteiger partial charge in [-0.3, -0.25) is 4.79 Å². The number of hydrogen-bond acceptors (Lipinski definition) is 6. The van der Waals surface area contributed by atoms with Gasteiger partial charge in [0, 0.05) is 44.3 Å². The van der Waals surface area contributed by atoms with Crippen molar-refractivity contribution in [3.8, 4) is 0 Å². The number of nitrogens with zero attached hydrogens (tertiary/aromatic N) is 4. The zero-order valence-electron chi connectivity index (χ0n) is 20.5. The minimum Gasteiger partial charge on any atom is -0.345 e. The van der Waals surface area contributed by atoms with Crippen molar-refractivity contribution in [2.45, 2.75) is 51.0 Å². The Labute approximate surface area is 211 Å². The highest BCUT2D eigenvalue weighted by atomic mass is 32.2. The number of sulfonamides is 1. The van der Waals surface area contributed by atoms with Crippen LogP contribution in [0.5, 0.6) is 0 Å². The summed E-state index contributed by atoms with van der Waals surface area (Å²) in [6.45, 7) is 9.39. The SMILES string of the molecule is Cc1ccc(C)c2sc(N3CCN(C(=O)c4ccc(S(=O)(=O)N5CCCCC5C)cc4)CC3)nc12. The van der Waals surface area contributed by atoms with Gasteiger partial charge in [-0.25, -0.2) is 13.4 Å². The maximum absolute atomic E-state index is 13.1. The Morgan fingerprint density at radius 1 is 0.943 bits per heavy atom. The second-order valence-electron chi connectivity index (χ2n) is 9.64. The minimum absolute atomic E-state index is 0.00890. The summed E-state index contributed by atoms with van der Waals surface area (Å²) >= 11 is 1.72. The third kappa shape index (κ3) is 4.57. The smallest absolute Gasteiger partial charge is 0.253 e. The number of fused-ring (bicyclic) bond motifs is 1. The number of aryl methyl sites for hydroxylation is 2. The first-order valence-corrected chi connectivity index (χ1v) is 14.5. The van der Waals surface area contributed by atoms with Crippen LogP contribution in [0.2, 0.25) is 0 Å². The normalized spacial score (nSPS) is 19.9. The molecule has 0 N–H and O–H groups in total. The second-order valence-corrected chi connectivity index (χ2v) is 12.5. The number of piperidine rings is 1. The van der Waals surface area contributed by atoms with E-state index in [0.29, 0.717) is 25.2 Å². The van der Waals surface area contributed by atoms with Crippen LogP contribution in [0, 0.1) is 13.8 Å². The van der Waals surface area contributed by atoms with Gasteiger partial charge in [0.1, 0.15) is 0 Å². The molecule has 3 heterocycles. The van der Waals surface area contributed by atoms with Gasteiger partial charge in [-0.05, 0) is 69.0 Å². The number of benzene rings is 2. The Hall–Kier alpha value is -2.49. The van der Waals surface area contributed by atoms with Gasteiger partial charge in [-0.1, -0.05) is 29.9 Å². The lowest BCUT2D eigenvalue weighted by Crippen LogP contribution is -2.48. The summed E-state index contributed by atoms with van der Waals surface area (Å²) in [5, 5.41) is 1.01. The van der Waals surface area contributed by atoms with Crippen LogP contribution < -0.4 is 4.90 Å². The van der Waals surface area contributed by atoms with E-state index in [-0.39, 0.29) is 16.8 Å². The van der Waals surface area contributed by atoms with Crippen molar-refractivity contribution < 1.29 is 13.2 Å². The summed E-state index contributed by atoms with van der Waals surface area (Å²) < 4.78 is 29.0. The van der Waals surface area contributed by atoms with E-state index in [1.54, 1.807) is 39.9 Å². The van der Waals surface area contributed by atoms with Crippen molar-refractivity contribution in [2.75, 3.05) is 37.6 Å². The van der Waals surface area contributed by atoms with Crippen molar-refractivity contribution in [3.63, 3.8) is 0 Å². The molecule has 5 rings (SSSR count). The highest BCUT2D eigenvalue weighted by molar-refractivity contribution is 7.89. The van der Waals surface area contributed by atoms with E-state index in [4.69, 9.17) is 4.98 Å². The van der Waals surface area contributed by atoms with Gasteiger partial charge in [0.2, 0.25) is 10.0 Å². The first-order valence-electron chi connectivity index (χ1n) is 12.3. The lowest BCUT2D eigenvalue weighted by molar-refractivity contribution is 0.0746. The fourth-order valence-corrected chi connectivity index (χ4v) is 7.86. The zero-order chi connectivity index (χ0) is 24.7. The fourth-order valence-electron chi connectivity index (χ4n) is 5.00. The topological polar surface area (TPSA) is 73.8 Å². The predicted molar refractivity (Wildman–Crippen MR) is 141 cm³/mol. The lowest BCUT2D eigenvalue weighted by atomic mass is 10.1. The average molecular weight is 513 g/mol. The summed E-state index contributed by atoms with van der Waals surface area (Å²) in [4.78, 5) is 22.4. The predicted octanol–water partition coefficient (Wildman–Crippen LogP) is 4.44. The van der Waals surface area contributed by atoms with Gasteiger partial charge in [-0.15, -0.1) is 0 Å². The Morgan fingerprint density at radius 2 is 1.63 bits per heavy atom. The summed E-state index contributed by atoms with van der Waals surface area (Å²) in [6.07, 6.45) is 2.84. The van der Waals surface area contributed by atoms with Crippen LogP contribution in [-0.2, 0) is 10.0 Å². The van der Waals surface area contributed by atoms with E-state index >= 15 is 0 Å². The Bertz CT molecular complexity index is 1300. The van der Waals surface area contributed by atoms with Crippen LogP contribution in [0.1, 0.15) is 47.7 Å². The molecule has 35 heavy (non-hydrogen) atoms. The molecule has 1 atom stereocenters. The Kier molecular flexibility index (Phi) is 6.59. The zero-order valence-corrected chi connectivity index (χ0v) is 22.2. The first-order chi connectivity index (χ1) is 16.8. The summed E-state index contributed by atoms with van der Waals surface area (Å²) in [7, 11) is -3.54. The van der Waals surface area contributed by atoms with E-state index in [2.05, 4.69) is 30.9 Å². The largest absolute Gasteiger partial charge is 0.345 e. The molecule has 7 nitrogen and oxygen atoms in total. The molecule has 0 spiro atoms. The molecule has 2 aliphatic heterocycles. The quantitative estimate of drug-likeness (QED) is 0.517. The van der Waals surface area contributed by atoms with Crippen LogP contribution >= 0.6 is 11.3 Å². The highest BCUT2D eigenvalue weighted by Gasteiger charge is 2.31. The van der Waals surface area contributed by atoms with Crippen molar-refractivity contribution in [3.05, 3.63) is 53.1 Å². The van der Waals surface area contributed by atoms with Crippen LogP contribution in [0.15, 0.2) is 41.3 Å². The average Bonchev–Trinajstić information content (AvgIpc) is 3.33. The molecule has 0 saturated carbocycles. The first kappa shape index (κ1) is 24.2. The van der Waals surface area contributed by atoms with Gasteiger partial charge in [0.25, 0.3) is 5.91 Å². The molecule has 1 aromatic heterocycles. The molecule has 0 aliphatic carbocycles. The monoisotopic (exact) mass is 512 g/mol. The number of rotatable bonds is 4. The number of anilines is 1. The minimum atomic E-state index is -3.54. The van der Waals surface area contributed by atoms with E-state index < -0.39 is 10.0 Å². The van der Waals surface area contributed by atoms with Gasteiger partial charge in [0.15, 0.2) is 5.13 Å². The van der Waals surface area contributed by atoms with Crippen molar-refractivity contribution in [1.29, 1.82) is 0 Å². The Morgan fingerprint density at radius 3 is 2.29 bits per heavy atom. The molecular formula is C26H32N4O3S2. The maximum atomic E-state index is 13.1. The fraction of sp³-hybridized carbons (Fsp3) is 0.462. The van der Waals surface area contributed by atoms with Crippen LogP contribution in [0.25, 0.3) is 10.2 Å². The molecular weight excluding hydrogens is 480 g/mol. The third-order valence-corrected chi connectivity index (χ3v) is 10.5. The standard InChI is InChI=1S/C26H32N4O3S2/c1-18-7-8-19(2)24-23(18)27-26(34-24)29-16-14-28(15-17-29)25(31)21-9-11-22(12-10-21)35(32,33)30-13-5-4-6-20(30)3/h7-12,20H,4-6,13-17H2,1-3H3. The molecule has 9 heteroatoms. The molecule has 2 fully saturated rings. The van der Waals surface area contributed by atoms with Crippen molar-refractivity contribution in [2.24, 2.45) is 0 Å². The molecule has 1 unspecified atom stereocenters. The van der Waals surface area contributed by atoms with Crippen LogP contribution in [-0.4, -0.2) is 67.3 Å². The van der Waals surface area contributed by atoms with Gasteiger partial charge < -0.3 is 9.80 Å². The Balaban J connectivity index is 1.25. The number of piperazine rings is 1. The highest BCUT2D eigenvalue weighted by Crippen LogP contribution is 2.33. The molecule has 2 saturated heterocycles. The number of aromatic nitrogens is 1. The maximum Gasteiger partial charge on any atom is 0.253 e. The van der Waals surface area contributed by atoms with Crippen molar-refractivity contribution in [1.82, 2.24) is 14.2 Å². The molecule has 186 valence electrons. The molecule has 2 aromatic carbocycles. The number of hydrogen-bond donors (Lipinski definition) is 0. The van der Waals surface area contributed by atoms with E-state index in [1.807, 2.05) is 11.8 Å². The molecule has 2 aliphatic rings. The summed E-state index contributed by atoms with van der Waals surface area (Å²) in [6, 6.07) is 10.7. The van der Waals surface area contributed by atoms with Crippen LogP contribution in [0.3, 0.4) is 0 Å². The molecule has 0 bridgehead atoms. The second kappa shape index (κ2) is 9.52. The lowest BCUT2D eigenvalue weighted by Gasteiger charge is -2.34. The third-order valence-electron chi connectivity index (χ3n) is 7.22. The van der Waals surface area contributed by atoms with Gasteiger partial charge in [-0.2, -0.15) is 4.31 Å². The number of carbonyl (C=O) groups excluding carboxylic acids is 1. The number of thiazole rings is 1. The van der Waals surface area contributed by atoms with Gasteiger partial charge in [0.05, 0.1) is 15.1 Å². The van der Waals surface area contributed by atoms with E-state index in [0.717, 1.165) is 43.0 Å².